The van der Waals surface area contributed by atoms with Crippen LogP contribution in [0.5, 0.6) is 5.75 Å². The summed E-state index contributed by atoms with van der Waals surface area (Å²) in [7, 11) is 1.39. The van der Waals surface area contributed by atoms with E-state index in [0.717, 1.165) is 9.32 Å². The fourth-order valence-electron chi connectivity index (χ4n) is 1.16. The van der Waals surface area contributed by atoms with Gasteiger partial charge in [-0.25, -0.2) is 0 Å². The van der Waals surface area contributed by atoms with Crippen molar-refractivity contribution in [1.82, 2.24) is 0 Å². The van der Waals surface area contributed by atoms with E-state index in [0.29, 0.717) is 6.61 Å². The average molecular weight is 334 g/mol. The quantitative estimate of drug-likeness (QED) is 0.627. The monoisotopic (exact) mass is 334 g/mol. The summed E-state index contributed by atoms with van der Waals surface area (Å²) >= 11 is 2.20. The predicted octanol–water partition coefficient (Wildman–Crippen LogP) is 2.87. The van der Waals surface area contributed by atoms with Crippen molar-refractivity contribution in [3.05, 3.63) is 27.8 Å². The van der Waals surface area contributed by atoms with Gasteiger partial charge in [0.15, 0.2) is 0 Å². The maximum absolute atomic E-state index is 11.4. The lowest BCUT2D eigenvalue weighted by molar-refractivity contribution is -0.152. The van der Waals surface area contributed by atoms with Crippen molar-refractivity contribution >= 4 is 28.6 Å². The number of esters is 1. The van der Waals surface area contributed by atoms with Crippen LogP contribution in [0.25, 0.3) is 0 Å². The van der Waals surface area contributed by atoms with Crippen LogP contribution >= 0.6 is 22.6 Å². The molecule has 0 unspecified atom stereocenters. The fraction of sp³-hybridized carbons (Fsp3) is 0.417. The van der Waals surface area contributed by atoms with E-state index in [-0.39, 0.29) is 5.97 Å². The summed E-state index contributed by atoms with van der Waals surface area (Å²) in [4.78, 5) is 11.4. The minimum Gasteiger partial charge on any atom is -0.491 e. The van der Waals surface area contributed by atoms with E-state index in [1.165, 1.54) is 7.11 Å². The van der Waals surface area contributed by atoms with Crippen LogP contribution in [0.4, 0.5) is 0 Å². The van der Waals surface area contributed by atoms with E-state index >= 15 is 0 Å². The second kappa shape index (κ2) is 5.52. The van der Waals surface area contributed by atoms with Crippen LogP contribution in [-0.2, 0) is 9.53 Å². The van der Waals surface area contributed by atoms with Gasteiger partial charge in [0, 0.05) is 0 Å². The smallest absolute Gasteiger partial charge is 0.314 e. The number of methoxy groups -OCH3 is 1. The van der Waals surface area contributed by atoms with E-state index in [1.807, 2.05) is 24.3 Å². The van der Waals surface area contributed by atoms with Crippen molar-refractivity contribution in [3.8, 4) is 5.75 Å². The van der Waals surface area contributed by atoms with Gasteiger partial charge in [-0.2, -0.15) is 0 Å². The van der Waals surface area contributed by atoms with Gasteiger partial charge in [0.1, 0.15) is 12.4 Å². The number of rotatable bonds is 4. The average Bonchev–Trinajstić information content (AvgIpc) is 2.27. The Morgan fingerprint density at radius 3 is 2.56 bits per heavy atom. The first kappa shape index (κ1) is 13.3. The number of hydrogen-bond acceptors (Lipinski definition) is 3. The van der Waals surface area contributed by atoms with Crippen molar-refractivity contribution in [2.45, 2.75) is 13.8 Å². The van der Waals surface area contributed by atoms with Gasteiger partial charge >= 0.3 is 5.97 Å². The van der Waals surface area contributed by atoms with Gasteiger partial charge in [0.05, 0.1) is 16.1 Å². The van der Waals surface area contributed by atoms with Crippen LogP contribution in [0.1, 0.15) is 13.8 Å². The molecule has 0 radical (unpaired) electrons. The molecule has 0 saturated carbocycles. The molecule has 0 saturated heterocycles. The Morgan fingerprint density at radius 2 is 2.00 bits per heavy atom. The van der Waals surface area contributed by atoms with E-state index < -0.39 is 5.41 Å². The number of benzene rings is 1. The molecular formula is C12H15IO3. The summed E-state index contributed by atoms with van der Waals surface area (Å²) in [5.41, 5.74) is -0.631. The van der Waals surface area contributed by atoms with Crippen LogP contribution in [0.15, 0.2) is 24.3 Å². The summed E-state index contributed by atoms with van der Waals surface area (Å²) in [6.45, 7) is 3.91. The topological polar surface area (TPSA) is 35.5 Å². The van der Waals surface area contributed by atoms with Crippen LogP contribution in [0.3, 0.4) is 0 Å². The van der Waals surface area contributed by atoms with Crippen LogP contribution in [0.2, 0.25) is 0 Å². The number of ether oxygens (including phenoxy) is 2. The molecule has 0 amide bonds. The zero-order chi connectivity index (χ0) is 12.2. The number of carbonyl (C=O) groups excluding carboxylic acids is 1. The number of halogens is 1. The largest absolute Gasteiger partial charge is 0.491 e. The second-order valence-electron chi connectivity index (χ2n) is 4.09. The van der Waals surface area contributed by atoms with Gasteiger partial charge < -0.3 is 9.47 Å². The molecule has 1 rings (SSSR count). The highest BCUT2D eigenvalue weighted by Gasteiger charge is 2.29. The zero-order valence-corrected chi connectivity index (χ0v) is 11.8. The highest BCUT2D eigenvalue weighted by atomic mass is 127. The summed E-state index contributed by atoms with van der Waals surface area (Å²) in [6.07, 6.45) is 0. The van der Waals surface area contributed by atoms with Crippen LogP contribution < -0.4 is 4.74 Å². The maximum atomic E-state index is 11.4. The third-order valence-electron chi connectivity index (χ3n) is 2.16. The third-order valence-corrected chi connectivity index (χ3v) is 3.05. The van der Waals surface area contributed by atoms with Crippen molar-refractivity contribution in [1.29, 1.82) is 0 Å². The van der Waals surface area contributed by atoms with Gasteiger partial charge in [0.2, 0.25) is 0 Å². The van der Waals surface area contributed by atoms with Crippen LogP contribution in [0, 0.1) is 8.99 Å². The molecule has 88 valence electrons. The summed E-state index contributed by atoms with van der Waals surface area (Å²) in [6, 6.07) is 7.69. The Labute approximate surface area is 109 Å². The number of carbonyl (C=O) groups is 1. The molecule has 0 bridgehead atoms. The number of para-hydroxylation sites is 1. The van der Waals surface area contributed by atoms with Gasteiger partial charge in [-0.15, -0.1) is 0 Å². The molecule has 1 aromatic rings. The lowest BCUT2D eigenvalue weighted by Crippen LogP contribution is -2.32. The van der Waals surface area contributed by atoms with Gasteiger partial charge in [-0.1, -0.05) is 12.1 Å². The van der Waals surface area contributed by atoms with Crippen molar-refractivity contribution < 1.29 is 14.3 Å². The fourth-order valence-corrected chi connectivity index (χ4v) is 1.70. The molecule has 16 heavy (non-hydrogen) atoms. The second-order valence-corrected chi connectivity index (χ2v) is 5.26. The number of hydrogen-bond donors (Lipinski definition) is 0. The highest BCUT2D eigenvalue weighted by molar-refractivity contribution is 14.1. The first-order valence-electron chi connectivity index (χ1n) is 4.93. The van der Waals surface area contributed by atoms with Crippen molar-refractivity contribution in [3.63, 3.8) is 0 Å². The zero-order valence-electron chi connectivity index (χ0n) is 9.62. The molecule has 0 heterocycles. The van der Waals surface area contributed by atoms with E-state index in [4.69, 9.17) is 9.47 Å². The summed E-state index contributed by atoms with van der Waals surface area (Å²) < 4.78 is 11.4. The minimum absolute atomic E-state index is 0.265. The van der Waals surface area contributed by atoms with E-state index in [1.54, 1.807) is 13.8 Å². The van der Waals surface area contributed by atoms with Gasteiger partial charge in [-0.05, 0) is 48.6 Å². The third kappa shape index (κ3) is 3.37. The molecule has 1 aromatic carbocycles. The lowest BCUT2D eigenvalue weighted by atomic mass is 9.95. The molecule has 0 spiro atoms. The van der Waals surface area contributed by atoms with Crippen LogP contribution in [-0.4, -0.2) is 19.7 Å². The molecule has 0 aliphatic carbocycles. The molecule has 0 N–H and O–H groups in total. The first-order chi connectivity index (χ1) is 7.47. The van der Waals surface area contributed by atoms with E-state index in [9.17, 15) is 4.79 Å². The minimum atomic E-state index is -0.631. The first-order valence-corrected chi connectivity index (χ1v) is 6.01. The predicted molar refractivity (Wildman–Crippen MR) is 70.5 cm³/mol. The molecule has 3 nitrogen and oxygen atoms in total. The Bertz CT molecular complexity index is 374. The van der Waals surface area contributed by atoms with Gasteiger partial charge in [0.25, 0.3) is 0 Å². The summed E-state index contributed by atoms with van der Waals surface area (Å²) in [5, 5.41) is 0. The van der Waals surface area contributed by atoms with Gasteiger partial charge in [-0.3, -0.25) is 4.79 Å². The molecule has 4 heteroatoms. The summed E-state index contributed by atoms with van der Waals surface area (Å²) in [5.74, 6) is 0.526. The van der Waals surface area contributed by atoms with Crippen molar-refractivity contribution in [2.75, 3.05) is 13.7 Å². The molecule has 0 aliphatic rings. The molecular weight excluding hydrogens is 319 g/mol. The standard InChI is InChI=1S/C12H15IO3/c1-12(2,11(14)15-3)8-16-10-7-5-4-6-9(10)13/h4-7H,8H2,1-3H3. The molecule has 0 atom stereocenters. The Kier molecular flexibility index (Phi) is 4.58. The Morgan fingerprint density at radius 1 is 1.38 bits per heavy atom. The Balaban J connectivity index is 2.65. The Hall–Kier alpha value is -0.780. The molecule has 0 aromatic heterocycles. The van der Waals surface area contributed by atoms with Crippen molar-refractivity contribution in [2.24, 2.45) is 5.41 Å². The SMILES string of the molecule is COC(=O)C(C)(C)COc1ccccc1I. The molecule has 0 aliphatic heterocycles. The maximum Gasteiger partial charge on any atom is 0.314 e. The molecule has 0 fully saturated rings. The lowest BCUT2D eigenvalue weighted by Gasteiger charge is -2.21. The highest BCUT2D eigenvalue weighted by Crippen LogP contribution is 2.24. The van der Waals surface area contributed by atoms with E-state index in [2.05, 4.69) is 22.6 Å². The normalized spacial score (nSPS) is 11.0.